The van der Waals surface area contributed by atoms with Crippen molar-refractivity contribution in [3.8, 4) is 5.75 Å². The molecule has 0 amide bonds. The third kappa shape index (κ3) is 3.13. The second-order valence-corrected chi connectivity index (χ2v) is 10.3. The molecule has 0 unspecified atom stereocenters. The third-order valence-corrected chi connectivity index (χ3v) is 7.61. The van der Waals surface area contributed by atoms with Gasteiger partial charge in [0.2, 0.25) is 0 Å². The molecular formula is C13H20BF2O3P. The van der Waals surface area contributed by atoms with Gasteiger partial charge in [0.25, 0.3) is 0 Å². The number of halogens is 2. The summed E-state index contributed by atoms with van der Waals surface area (Å²) in [6.45, 7) is 7.53. The van der Waals surface area contributed by atoms with Crippen molar-refractivity contribution in [2.45, 2.75) is 25.6 Å². The van der Waals surface area contributed by atoms with Crippen LogP contribution in [-0.4, -0.2) is 38.8 Å². The van der Waals surface area contributed by atoms with Crippen LogP contribution in [0.3, 0.4) is 0 Å². The van der Waals surface area contributed by atoms with Crippen molar-refractivity contribution < 1.29 is 22.6 Å². The fourth-order valence-electron chi connectivity index (χ4n) is 1.93. The molecule has 0 saturated carbocycles. The summed E-state index contributed by atoms with van der Waals surface area (Å²) in [5.74, 6) is 0.389. The van der Waals surface area contributed by atoms with E-state index in [2.05, 4.69) is 13.3 Å². The first-order valence-corrected chi connectivity index (χ1v) is 9.49. The van der Waals surface area contributed by atoms with Crippen molar-refractivity contribution in [1.29, 1.82) is 0 Å². The number of benzene rings is 1. The Morgan fingerprint density at radius 1 is 1.30 bits per heavy atom. The maximum atomic E-state index is 12.3. The molecule has 0 N–H and O–H groups in total. The minimum absolute atomic E-state index is 0.340. The van der Waals surface area contributed by atoms with E-state index in [1.165, 1.54) is 0 Å². The van der Waals surface area contributed by atoms with Crippen LogP contribution in [0.15, 0.2) is 24.3 Å². The van der Waals surface area contributed by atoms with Crippen molar-refractivity contribution >= 4 is 20.1 Å². The van der Waals surface area contributed by atoms with Crippen LogP contribution in [0.2, 0.25) is 0 Å². The van der Waals surface area contributed by atoms with Gasteiger partial charge in [0.05, 0.1) is 0 Å². The molecule has 3 nitrogen and oxygen atoms in total. The molecular weight excluding hydrogens is 284 g/mol. The maximum absolute atomic E-state index is 12.3. The summed E-state index contributed by atoms with van der Waals surface area (Å²) < 4.78 is 41.8. The summed E-state index contributed by atoms with van der Waals surface area (Å²) in [4.78, 5) is 0. The van der Waals surface area contributed by atoms with E-state index in [1.807, 2.05) is 19.9 Å². The summed E-state index contributed by atoms with van der Waals surface area (Å²) in [5, 5.41) is -0.340. The minimum atomic E-state index is -2.50. The molecule has 0 spiro atoms. The van der Waals surface area contributed by atoms with E-state index in [-0.39, 0.29) is 5.34 Å². The Balaban J connectivity index is 2.22. The Morgan fingerprint density at radius 3 is 2.50 bits per heavy atom. The van der Waals surface area contributed by atoms with Crippen molar-refractivity contribution in [2.24, 2.45) is 0 Å². The molecule has 0 atom stereocenters. The molecule has 1 fully saturated rings. The average molecular weight is 304 g/mol. The van der Waals surface area contributed by atoms with E-state index in [0.29, 0.717) is 11.2 Å². The SMILES string of the molecule is CC1(C)OB(c2ccccc2OCC(F)F)O[PH]1(C)C. The second-order valence-electron chi connectivity index (χ2n) is 5.83. The van der Waals surface area contributed by atoms with E-state index >= 15 is 0 Å². The Kier molecular flexibility index (Phi) is 4.38. The Morgan fingerprint density at radius 2 is 1.95 bits per heavy atom. The zero-order valence-electron chi connectivity index (χ0n) is 12.2. The van der Waals surface area contributed by atoms with Crippen LogP contribution in [0.25, 0.3) is 0 Å². The first kappa shape index (κ1) is 15.7. The molecule has 20 heavy (non-hydrogen) atoms. The van der Waals surface area contributed by atoms with Gasteiger partial charge in [-0.2, -0.15) is 0 Å². The van der Waals surface area contributed by atoms with Gasteiger partial charge < -0.3 is 0 Å². The summed E-state index contributed by atoms with van der Waals surface area (Å²) in [6, 6.07) is 7.01. The summed E-state index contributed by atoms with van der Waals surface area (Å²) in [6.07, 6.45) is -2.50. The molecule has 1 heterocycles. The van der Waals surface area contributed by atoms with Crippen molar-refractivity contribution in [3.05, 3.63) is 24.3 Å². The van der Waals surface area contributed by atoms with Crippen LogP contribution in [0.1, 0.15) is 13.8 Å². The van der Waals surface area contributed by atoms with E-state index in [0.717, 1.165) is 0 Å². The first-order valence-electron chi connectivity index (χ1n) is 6.58. The van der Waals surface area contributed by atoms with E-state index in [1.54, 1.807) is 18.2 Å². The van der Waals surface area contributed by atoms with Crippen molar-refractivity contribution in [2.75, 3.05) is 19.9 Å². The van der Waals surface area contributed by atoms with Gasteiger partial charge >= 0.3 is 118 Å². The molecule has 0 aliphatic carbocycles. The van der Waals surface area contributed by atoms with Gasteiger partial charge in [0, 0.05) is 0 Å². The van der Waals surface area contributed by atoms with Crippen LogP contribution in [-0.2, 0) is 9.10 Å². The van der Waals surface area contributed by atoms with Gasteiger partial charge in [-0.25, -0.2) is 0 Å². The van der Waals surface area contributed by atoms with Crippen LogP contribution < -0.4 is 10.2 Å². The van der Waals surface area contributed by atoms with Gasteiger partial charge in [-0.05, 0) is 0 Å². The van der Waals surface area contributed by atoms with Gasteiger partial charge in [-0.15, -0.1) is 0 Å². The molecule has 7 heteroatoms. The van der Waals surface area contributed by atoms with Crippen LogP contribution in [0, 0.1) is 0 Å². The second kappa shape index (κ2) is 5.59. The zero-order chi connectivity index (χ0) is 15.0. The van der Waals surface area contributed by atoms with Gasteiger partial charge in [0.15, 0.2) is 0 Å². The van der Waals surface area contributed by atoms with Gasteiger partial charge in [-0.1, -0.05) is 0 Å². The Bertz CT molecular complexity index is 466. The number of para-hydroxylation sites is 1. The van der Waals surface area contributed by atoms with Crippen LogP contribution in [0.5, 0.6) is 5.75 Å². The first-order chi connectivity index (χ1) is 9.23. The number of hydrogen-bond acceptors (Lipinski definition) is 3. The summed E-state index contributed by atoms with van der Waals surface area (Å²) in [5.41, 5.74) is 0.666. The standard InChI is InChI=1S/C13H20BF2O3P/c1-13(2)18-14(19-20(13,3)4)10-7-5-6-8-11(10)17-9-12(15)16/h5-8,12,20H,9H2,1-4H3. The van der Waals surface area contributed by atoms with E-state index in [9.17, 15) is 8.78 Å². The topological polar surface area (TPSA) is 27.7 Å². The molecule has 1 aromatic rings. The van der Waals surface area contributed by atoms with Crippen LogP contribution in [0.4, 0.5) is 8.78 Å². The van der Waals surface area contributed by atoms with Crippen molar-refractivity contribution in [1.82, 2.24) is 0 Å². The quantitative estimate of drug-likeness (QED) is 0.632. The third-order valence-electron chi connectivity index (χ3n) is 3.79. The molecule has 1 aliphatic rings. The van der Waals surface area contributed by atoms with Crippen LogP contribution >= 0.6 is 7.49 Å². The predicted molar refractivity (Wildman–Crippen MR) is 79.7 cm³/mol. The normalized spacial score (nSPS) is 22.1. The number of rotatable bonds is 4. The number of hydrogen-bond donors (Lipinski definition) is 0. The molecule has 2 rings (SSSR count). The number of ether oxygens (including phenoxy) is 1. The molecule has 0 bridgehead atoms. The fourth-order valence-corrected chi connectivity index (χ4v) is 3.31. The summed E-state index contributed by atoms with van der Waals surface area (Å²) >= 11 is 0. The van der Waals surface area contributed by atoms with Gasteiger partial charge in [0.1, 0.15) is 0 Å². The van der Waals surface area contributed by atoms with Gasteiger partial charge in [-0.3, -0.25) is 0 Å². The monoisotopic (exact) mass is 304 g/mol. The molecule has 1 aliphatic heterocycles. The van der Waals surface area contributed by atoms with E-state index < -0.39 is 27.6 Å². The zero-order valence-corrected chi connectivity index (χ0v) is 13.2. The summed E-state index contributed by atoms with van der Waals surface area (Å²) in [7, 11) is -2.56. The predicted octanol–water partition coefficient (Wildman–Crippen LogP) is 2.73. The molecule has 112 valence electrons. The average Bonchev–Trinajstić information content (AvgIpc) is 2.56. The molecule has 0 aromatic heterocycles. The van der Waals surface area contributed by atoms with Crippen molar-refractivity contribution in [3.63, 3.8) is 0 Å². The molecule has 1 aromatic carbocycles. The van der Waals surface area contributed by atoms with E-state index in [4.69, 9.17) is 13.8 Å². The molecule has 1 saturated heterocycles. The Labute approximate surface area is 119 Å². The Hall–Kier alpha value is -0.705. The number of alkyl halides is 2. The molecule has 0 radical (unpaired) electrons. The fraction of sp³-hybridized carbons (Fsp3) is 0.538.